The lowest BCUT2D eigenvalue weighted by Gasteiger charge is -2.32. The van der Waals surface area contributed by atoms with Crippen LogP contribution in [0.2, 0.25) is 0 Å². The highest BCUT2D eigenvalue weighted by Crippen LogP contribution is 2.33. The van der Waals surface area contributed by atoms with E-state index >= 15 is 0 Å². The monoisotopic (exact) mass is 803 g/mol. The van der Waals surface area contributed by atoms with Crippen molar-refractivity contribution in [3.05, 3.63) is 113 Å². The van der Waals surface area contributed by atoms with Gasteiger partial charge in [-0.2, -0.15) is 0 Å². The van der Waals surface area contributed by atoms with Crippen LogP contribution in [0.3, 0.4) is 0 Å². The summed E-state index contributed by atoms with van der Waals surface area (Å²) in [6.45, 7) is 7.79. The third-order valence-electron chi connectivity index (χ3n) is 10.7. The van der Waals surface area contributed by atoms with Crippen LogP contribution in [0.4, 0.5) is 11.4 Å². The van der Waals surface area contributed by atoms with Gasteiger partial charge in [-0.15, -0.1) is 0 Å². The van der Waals surface area contributed by atoms with Crippen molar-refractivity contribution in [3.8, 4) is 17.2 Å². The molecule has 2 heterocycles. The number of methoxy groups -OCH3 is 1. The summed E-state index contributed by atoms with van der Waals surface area (Å²) in [6, 6.07) is 24.1. The zero-order valence-electron chi connectivity index (χ0n) is 34.5. The molecule has 1 atom stereocenters. The van der Waals surface area contributed by atoms with Crippen LogP contribution in [0.5, 0.6) is 17.2 Å². The van der Waals surface area contributed by atoms with Gasteiger partial charge in [0, 0.05) is 58.2 Å². The topological polar surface area (TPSA) is 138 Å². The smallest absolute Gasteiger partial charge is 0.261 e. The number of piperazine rings is 1. The average molecular weight is 804 g/mol. The van der Waals surface area contributed by atoms with Crippen molar-refractivity contribution >= 4 is 40.9 Å². The van der Waals surface area contributed by atoms with Crippen molar-refractivity contribution in [2.45, 2.75) is 52.1 Å². The van der Waals surface area contributed by atoms with E-state index in [0.29, 0.717) is 59.0 Å². The van der Waals surface area contributed by atoms with E-state index in [-0.39, 0.29) is 41.5 Å². The summed E-state index contributed by atoms with van der Waals surface area (Å²) < 4.78 is 18.0. The molecule has 5 amide bonds. The number of nitrogens with zero attached hydrogens (tertiary/aromatic N) is 4. The number of nitrogens with one attached hydrogen (secondary N) is 1. The molecule has 2 aliphatic rings. The van der Waals surface area contributed by atoms with Gasteiger partial charge in [0.1, 0.15) is 17.2 Å². The minimum absolute atomic E-state index is 0.166. The number of hydrogen-bond donors (Lipinski definition) is 1. The van der Waals surface area contributed by atoms with Crippen LogP contribution >= 0.6 is 0 Å². The number of carbonyl (C=O) groups excluding carboxylic acids is 5. The number of unbranched alkanes of at least 4 members (excludes halogenated alkanes) is 2. The van der Waals surface area contributed by atoms with E-state index in [9.17, 15) is 24.0 Å². The molecule has 0 spiro atoms. The first-order chi connectivity index (χ1) is 28.4. The van der Waals surface area contributed by atoms with Gasteiger partial charge in [-0.3, -0.25) is 28.9 Å². The van der Waals surface area contributed by atoms with Crippen LogP contribution in [0.25, 0.3) is 0 Å². The molecule has 0 saturated carbocycles. The lowest BCUT2D eigenvalue weighted by Crippen LogP contribution is -2.47. The van der Waals surface area contributed by atoms with E-state index in [1.807, 2.05) is 36.9 Å². The van der Waals surface area contributed by atoms with E-state index in [0.717, 1.165) is 51.0 Å². The maximum absolute atomic E-state index is 13.8. The van der Waals surface area contributed by atoms with E-state index in [1.54, 1.807) is 73.8 Å². The van der Waals surface area contributed by atoms with Crippen molar-refractivity contribution < 1.29 is 38.2 Å². The maximum atomic E-state index is 13.8. The third kappa shape index (κ3) is 10.3. The van der Waals surface area contributed by atoms with Crippen LogP contribution in [0.15, 0.2) is 84.9 Å². The van der Waals surface area contributed by atoms with Crippen molar-refractivity contribution in [1.29, 1.82) is 0 Å². The molecule has 13 heteroatoms. The lowest BCUT2D eigenvalue weighted by molar-refractivity contribution is -0.132. The second-order valence-corrected chi connectivity index (χ2v) is 15.1. The number of amides is 5. The van der Waals surface area contributed by atoms with Gasteiger partial charge in [0.15, 0.2) is 0 Å². The van der Waals surface area contributed by atoms with Gasteiger partial charge in [0.05, 0.1) is 47.9 Å². The standard InChI is InChI=1S/C46H53N5O8/c1-31-18-21-38(41(29-31)58-28-12-6-7-17-42(52)50-26-24-48(3)25-27-50)49(4)44(54)33-19-20-37(40(30-33)57-5)47-43(53)36-15-10-11-16-39(36)59-32(2)22-23-51-45(55)34-13-8-9-14-35(34)46(51)56/h8-11,13-16,18-21,29-30,32H,6-7,12,17,22-28H2,1-5H3,(H,47,53)/t32-/m0/s1. The zero-order chi connectivity index (χ0) is 42.1. The molecule has 4 aromatic carbocycles. The first-order valence-corrected chi connectivity index (χ1v) is 20.1. The molecule has 59 heavy (non-hydrogen) atoms. The third-order valence-corrected chi connectivity index (χ3v) is 10.7. The first-order valence-electron chi connectivity index (χ1n) is 20.1. The van der Waals surface area contributed by atoms with E-state index in [4.69, 9.17) is 14.2 Å². The molecule has 4 aromatic rings. The predicted octanol–water partition coefficient (Wildman–Crippen LogP) is 6.70. The summed E-state index contributed by atoms with van der Waals surface area (Å²) >= 11 is 0. The van der Waals surface area contributed by atoms with Crippen LogP contribution in [-0.4, -0.2) is 111 Å². The van der Waals surface area contributed by atoms with Gasteiger partial charge >= 0.3 is 0 Å². The van der Waals surface area contributed by atoms with Crippen LogP contribution in [0.1, 0.15) is 86.0 Å². The summed E-state index contributed by atoms with van der Waals surface area (Å²) in [5.41, 5.74) is 3.36. The number of fused-ring (bicyclic) bond motifs is 1. The Morgan fingerprint density at radius 3 is 2.22 bits per heavy atom. The number of rotatable bonds is 17. The maximum Gasteiger partial charge on any atom is 0.261 e. The average Bonchev–Trinajstić information content (AvgIpc) is 3.48. The van der Waals surface area contributed by atoms with Crippen LogP contribution in [-0.2, 0) is 4.79 Å². The van der Waals surface area contributed by atoms with Crippen molar-refractivity contribution in [1.82, 2.24) is 14.7 Å². The Hall–Kier alpha value is -6.21. The highest BCUT2D eigenvalue weighted by molar-refractivity contribution is 6.21. The van der Waals surface area contributed by atoms with Crippen molar-refractivity contribution in [2.24, 2.45) is 0 Å². The molecular weight excluding hydrogens is 751 g/mol. The fourth-order valence-electron chi connectivity index (χ4n) is 7.17. The van der Waals surface area contributed by atoms with Gasteiger partial charge < -0.3 is 34.2 Å². The minimum atomic E-state index is -0.453. The van der Waals surface area contributed by atoms with E-state index in [1.165, 1.54) is 16.9 Å². The molecule has 13 nitrogen and oxygen atoms in total. The molecule has 0 radical (unpaired) electrons. The summed E-state index contributed by atoms with van der Waals surface area (Å²) in [5.74, 6) is 0.0114. The van der Waals surface area contributed by atoms with E-state index in [2.05, 4.69) is 17.3 Å². The Kier molecular flexibility index (Phi) is 14.0. The summed E-state index contributed by atoms with van der Waals surface area (Å²) in [7, 11) is 5.22. The predicted molar refractivity (Wildman–Crippen MR) is 226 cm³/mol. The molecule has 1 N–H and O–H groups in total. The Balaban J connectivity index is 1.03. The number of carbonyl (C=O) groups is 5. The Morgan fingerprint density at radius 1 is 0.814 bits per heavy atom. The lowest BCUT2D eigenvalue weighted by atomic mass is 10.1. The van der Waals surface area contributed by atoms with Gasteiger partial charge in [-0.25, -0.2) is 0 Å². The van der Waals surface area contributed by atoms with Crippen LogP contribution in [0, 0.1) is 6.92 Å². The molecule has 0 aromatic heterocycles. The molecule has 0 bridgehead atoms. The number of benzene rings is 4. The summed E-state index contributed by atoms with van der Waals surface area (Å²) in [5, 5.41) is 2.89. The SMILES string of the molecule is COc1cc(C(=O)N(C)c2ccc(C)cc2OCCCCCC(=O)N2CCN(C)CC2)ccc1NC(=O)c1ccccc1O[C@@H](C)CCN1C(=O)c2ccccc2C1=O. The quantitative estimate of drug-likeness (QED) is 0.0914. The Labute approximate surface area is 345 Å². The summed E-state index contributed by atoms with van der Waals surface area (Å²) in [4.78, 5) is 72.6. The number of anilines is 2. The molecule has 0 aliphatic carbocycles. The van der Waals surface area contributed by atoms with Gasteiger partial charge in [-0.1, -0.05) is 30.3 Å². The van der Waals surface area contributed by atoms with Gasteiger partial charge in [-0.05, 0) is 100 Å². The number of hydrogen-bond acceptors (Lipinski definition) is 9. The molecule has 0 unspecified atom stereocenters. The Morgan fingerprint density at radius 2 is 1.51 bits per heavy atom. The highest BCUT2D eigenvalue weighted by atomic mass is 16.5. The zero-order valence-corrected chi connectivity index (χ0v) is 34.5. The molecule has 1 fully saturated rings. The first kappa shape index (κ1) is 42.4. The number of aryl methyl sites for hydroxylation is 1. The number of para-hydroxylation sites is 1. The molecule has 2 aliphatic heterocycles. The molecule has 6 rings (SSSR count). The number of ether oxygens (including phenoxy) is 3. The summed E-state index contributed by atoms with van der Waals surface area (Å²) in [6.07, 6.45) is 2.90. The fourth-order valence-corrected chi connectivity index (χ4v) is 7.17. The largest absolute Gasteiger partial charge is 0.495 e. The fraction of sp³-hybridized carbons (Fsp3) is 0.370. The van der Waals surface area contributed by atoms with E-state index < -0.39 is 12.0 Å². The molecule has 310 valence electrons. The van der Waals surface area contributed by atoms with Crippen molar-refractivity contribution in [3.63, 3.8) is 0 Å². The minimum Gasteiger partial charge on any atom is -0.495 e. The molecular formula is C46H53N5O8. The highest BCUT2D eigenvalue weighted by Gasteiger charge is 2.35. The van der Waals surface area contributed by atoms with Gasteiger partial charge in [0.2, 0.25) is 5.91 Å². The number of likely N-dealkylation sites (N-methyl/N-ethyl adjacent to an activating group) is 1. The van der Waals surface area contributed by atoms with Crippen LogP contribution < -0.4 is 24.4 Å². The normalized spacial score (nSPS) is 14.5. The van der Waals surface area contributed by atoms with Gasteiger partial charge in [0.25, 0.3) is 23.6 Å². The number of imide groups is 1. The second-order valence-electron chi connectivity index (χ2n) is 15.1. The van der Waals surface area contributed by atoms with Crippen molar-refractivity contribution in [2.75, 3.05) is 70.8 Å². The Bertz CT molecular complexity index is 2150. The second kappa shape index (κ2) is 19.5. The molecule has 1 saturated heterocycles.